The number of alkyl halides is 6. The van der Waals surface area contributed by atoms with Crippen LogP contribution < -0.4 is 9.47 Å². The highest BCUT2D eigenvalue weighted by atomic mass is 79.9. The highest BCUT2D eigenvalue weighted by molar-refractivity contribution is 9.11. The van der Waals surface area contributed by atoms with E-state index in [2.05, 4.69) is 41.3 Å². The Balaban J connectivity index is 1.87. The lowest BCUT2D eigenvalue weighted by atomic mass is 10.00. The summed E-state index contributed by atoms with van der Waals surface area (Å²) in [6, 6.07) is 14.2. The average molecular weight is 556 g/mol. The Morgan fingerprint density at radius 2 is 0.833 bits per heavy atom. The second-order valence-corrected chi connectivity index (χ2v) is 7.66. The third-order valence-electron chi connectivity index (χ3n) is 3.85. The quantitative estimate of drug-likeness (QED) is 0.301. The molecule has 0 amide bonds. The van der Waals surface area contributed by atoms with Crippen LogP contribution >= 0.6 is 31.9 Å². The van der Waals surface area contributed by atoms with Gasteiger partial charge in [0.05, 0.1) is 0 Å². The van der Waals surface area contributed by atoms with Gasteiger partial charge in [0.15, 0.2) is 0 Å². The van der Waals surface area contributed by atoms with E-state index in [1.807, 2.05) is 0 Å². The monoisotopic (exact) mass is 554 g/mol. The summed E-state index contributed by atoms with van der Waals surface area (Å²) in [5, 5.41) is 0. The zero-order valence-corrected chi connectivity index (χ0v) is 17.8. The van der Waals surface area contributed by atoms with Gasteiger partial charge in [-0.25, -0.2) is 0 Å². The first-order valence-electron chi connectivity index (χ1n) is 8.13. The van der Waals surface area contributed by atoms with Crippen LogP contribution in [0.15, 0.2) is 69.6 Å². The molecule has 0 saturated heterocycles. The van der Waals surface area contributed by atoms with Gasteiger partial charge in [0, 0.05) is 8.95 Å². The molecule has 0 N–H and O–H groups in total. The van der Waals surface area contributed by atoms with Crippen molar-refractivity contribution in [3.8, 4) is 33.8 Å². The molecule has 10 heteroatoms. The third kappa shape index (κ3) is 5.91. The maximum atomic E-state index is 12.3. The van der Waals surface area contributed by atoms with E-state index in [0.717, 1.165) is 0 Å². The number of ether oxygens (including phenoxy) is 2. The molecule has 30 heavy (non-hydrogen) atoms. The van der Waals surface area contributed by atoms with E-state index < -0.39 is 12.7 Å². The normalized spacial score (nSPS) is 12.0. The van der Waals surface area contributed by atoms with Crippen LogP contribution in [0.5, 0.6) is 11.5 Å². The molecule has 0 radical (unpaired) electrons. The summed E-state index contributed by atoms with van der Waals surface area (Å²) in [6.45, 7) is 0. The number of benzene rings is 3. The molecule has 0 spiro atoms. The SMILES string of the molecule is FC(F)(F)Oc1ccc(-c2cc(Br)c(-c3ccc(OC(F)(F)F)cc3)cc2Br)cc1. The lowest BCUT2D eigenvalue weighted by molar-refractivity contribution is -0.275. The summed E-state index contributed by atoms with van der Waals surface area (Å²) in [5.74, 6) is -0.668. The summed E-state index contributed by atoms with van der Waals surface area (Å²) < 4.78 is 82.8. The van der Waals surface area contributed by atoms with Crippen molar-refractivity contribution in [3.63, 3.8) is 0 Å². The molecule has 3 aromatic carbocycles. The van der Waals surface area contributed by atoms with Crippen molar-refractivity contribution in [2.24, 2.45) is 0 Å². The summed E-state index contributed by atoms with van der Waals surface area (Å²) >= 11 is 6.86. The Hall–Kier alpha value is -2.20. The molecule has 3 rings (SSSR count). The molecule has 0 unspecified atom stereocenters. The molecule has 0 atom stereocenters. The maximum Gasteiger partial charge on any atom is 0.573 e. The Morgan fingerprint density at radius 3 is 1.10 bits per heavy atom. The molecule has 0 aliphatic carbocycles. The van der Waals surface area contributed by atoms with E-state index in [1.54, 1.807) is 12.1 Å². The fourth-order valence-corrected chi connectivity index (χ4v) is 3.81. The number of hydrogen-bond acceptors (Lipinski definition) is 2. The van der Waals surface area contributed by atoms with Crippen molar-refractivity contribution in [1.29, 1.82) is 0 Å². The van der Waals surface area contributed by atoms with Crippen LogP contribution in [0.3, 0.4) is 0 Å². The van der Waals surface area contributed by atoms with Gasteiger partial charge in [-0.2, -0.15) is 0 Å². The van der Waals surface area contributed by atoms with Crippen LogP contribution in [0.2, 0.25) is 0 Å². The molecule has 0 heterocycles. The van der Waals surface area contributed by atoms with Gasteiger partial charge in [-0.05, 0) is 58.7 Å². The smallest absolute Gasteiger partial charge is 0.406 e. The minimum absolute atomic E-state index is 0.334. The highest BCUT2D eigenvalue weighted by Crippen LogP contribution is 2.39. The van der Waals surface area contributed by atoms with E-state index in [0.29, 0.717) is 31.2 Å². The van der Waals surface area contributed by atoms with E-state index in [-0.39, 0.29) is 11.5 Å². The fraction of sp³-hybridized carbons (Fsp3) is 0.100. The standard InChI is InChI=1S/C20H10Br2F6O2/c21-17-10-16(12-3-7-14(8-4-12)30-20(26,27)28)18(22)9-15(17)11-1-5-13(6-2-11)29-19(23,24)25/h1-10H. The lowest BCUT2D eigenvalue weighted by Gasteiger charge is -2.13. The summed E-state index contributed by atoms with van der Waals surface area (Å²) in [7, 11) is 0. The predicted octanol–water partition coefficient (Wildman–Crippen LogP) is 8.34. The molecule has 0 aromatic heterocycles. The highest BCUT2D eigenvalue weighted by Gasteiger charge is 2.31. The second kappa shape index (κ2) is 8.50. The molecular formula is C20H10Br2F6O2. The first-order valence-corrected chi connectivity index (χ1v) is 9.71. The Bertz CT molecular complexity index is 944. The molecular weight excluding hydrogens is 546 g/mol. The summed E-state index contributed by atoms with van der Waals surface area (Å²) in [5.41, 5.74) is 2.66. The van der Waals surface area contributed by atoms with Crippen molar-refractivity contribution in [1.82, 2.24) is 0 Å². The van der Waals surface area contributed by atoms with Crippen LogP contribution in [-0.4, -0.2) is 12.7 Å². The second-order valence-electron chi connectivity index (χ2n) is 5.96. The minimum Gasteiger partial charge on any atom is -0.406 e. The van der Waals surface area contributed by atoms with Crippen molar-refractivity contribution in [2.75, 3.05) is 0 Å². The van der Waals surface area contributed by atoms with Gasteiger partial charge in [-0.3, -0.25) is 0 Å². The minimum atomic E-state index is -4.77. The molecule has 158 valence electrons. The molecule has 3 aromatic rings. The van der Waals surface area contributed by atoms with Crippen LogP contribution in [-0.2, 0) is 0 Å². The average Bonchev–Trinajstić information content (AvgIpc) is 2.62. The first-order chi connectivity index (χ1) is 13.9. The van der Waals surface area contributed by atoms with Crippen molar-refractivity contribution in [3.05, 3.63) is 69.6 Å². The van der Waals surface area contributed by atoms with Gasteiger partial charge >= 0.3 is 12.7 Å². The van der Waals surface area contributed by atoms with Crippen LogP contribution in [0.25, 0.3) is 22.3 Å². The van der Waals surface area contributed by atoms with Gasteiger partial charge in [0.1, 0.15) is 11.5 Å². The first kappa shape index (κ1) is 22.5. The van der Waals surface area contributed by atoms with E-state index in [4.69, 9.17) is 0 Å². The van der Waals surface area contributed by atoms with E-state index in [9.17, 15) is 26.3 Å². The molecule has 0 bridgehead atoms. The van der Waals surface area contributed by atoms with Crippen LogP contribution in [0.1, 0.15) is 0 Å². The number of rotatable bonds is 4. The number of halogens is 8. The zero-order valence-electron chi connectivity index (χ0n) is 14.6. The fourth-order valence-electron chi connectivity index (χ4n) is 2.66. The Labute approximate surface area is 183 Å². The predicted molar refractivity (Wildman–Crippen MR) is 106 cm³/mol. The van der Waals surface area contributed by atoms with E-state index >= 15 is 0 Å². The van der Waals surface area contributed by atoms with Crippen LogP contribution in [0.4, 0.5) is 26.3 Å². The van der Waals surface area contributed by atoms with Gasteiger partial charge in [-0.15, -0.1) is 26.3 Å². The molecule has 2 nitrogen and oxygen atoms in total. The molecule has 0 saturated carbocycles. The number of hydrogen-bond donors (Lipinski definition) is 0. The van der Waals surface area contributed by atoms with Gasteiger partial charge in [-0.1, -0.05) is 56.1 Å². The van der Waals surface area contributed by atoms with Crippen molar-refractivity contribution >= 4 is 31.9 Å². The molecule has 0 aliphatic rings. The summed E-state index contributed by atoms with van der Waals surface area (Å²) in [4.78, 5) is 0. The maximum absolute atomic E-state index is 12.3. The third-order valence-corrected chi connectivity index (χ3v) is 5.17. The van der Waals surface area contributed by atoms with E-state index in [1.165, 1.54) is 48.5 Å². The zero-order chi connectivity index (χ0) is 22.1. The van der Waals surface area contributed by atoms with Crippen molar-refractivity contribution < 1.29 is 35.8 Å². The van der Waals surface area contributed by atoms with Gasteiger partial charge in [0.25, 0.3) is 0 Å². The topological polar surface area (TPSA) is 18.5 Å². The Kier molecular flexibility index (Phi) is 6.37. The van der Waals surface area contributed by atoms with Crippen LogP contribution in [0, 0.1) is 0 Å². The largest absolute Gasteiger partial charge is 0.573 e. The molecule has 0 fully saturated rings. The Morgan fingerprint density at radius 1 is 0.533 bits per heavy atom. The van der Waals surface area contributed by atoms with Crippen molar-refractivity contribution in [2.45, 2.75) is 12.7 Å². The van der Waals surface area contributed by atoms with Gasteiger partial charge < -0.3 is 9.47 Å². The summed E-state index contributed by atoms with van der Waals surface area (Å²) in [6.07, 6.45) is -9.54. The lowest BCUT2D eigenvalue weighted by Crippen LogP contribution is -2.16. The molecule has 0 aliphatic heterocycles. The van der Waals surface area contributed by atoms with Gasteiger partial charge in [0.2, 0.25) is 0 Å².